The molecule has 0 aliphatic rings. The molecule has 68 valence electrons. The Labute approximate surface area is 70.8 Å². The third-order valence-corrected chi connectivity index (χ3v) is 1.53. The van der Waals surface area contributed by atoms with E-state index in [1.54, 1.807) is 0 Å². The van der Waals surface area contributed by atoms with Crippen LogP contribution in [0.2, 0.25) is 0 Å². The van der Waals surface area contributed by atoms with Gasteiger partial charge in [0.05, 0.1) is 6.17 Å². The molecule has 0 fully saturated rings. The Kier molecular flexibility index (Phi) is 6.57. The van der Waals surface area contributed by atoms with Crippen LogP contribution in [0.1, 0.15) is 34.1 Å². The zero-order chi connectivity index (χ0) is 8.69. The molecule has 0 aliphatic heterocycles. The molecular weight excluding hydrogens is 136 g/mol. The highest BCUT2D eigenvalue weighted by molar-refractivity contribution is 4.58. The lowest BCUT2D eigenvalue weighted by Gasteiger charge is -2.16. The van der Waals surface area contributed by atoms with E-state index in [2.05, 4.69) is 38.3 Å². The standard InChI is InChI=1S/C9H22N2/c1-5-6-10-9(4)11-7-8(2)3/h8-11H,5-7H2,1-4H3. The summed E-state index contributed by atoms with van der Waals surface area (Å²) in [5, 5.41) is 6.78. The third-order valence-electron chi connectivity index (χ3n) is 1.53. The van der Waals surface area contributed by atoms with Crippen LogP contribution in [0.4, 0.5) is 0 Å². The van der Waals surface area contributed by atoms with Gasteiger partial charge in [0.15, 0.2) is 0 Å². The maximum absolute atomic E-state index is 3.41. The molecular formula is C9H22N2. The normalized spacial score (nSPS) is 13.9. The summed E-state index contributed by atoms with van der Waals surface area (Å²) < 4.78 is 0. The van der Waals surface area contributed by atoms with Gasteiger partial charge in [0.1, 0.15) is 0 Å². The van der Waals surface area contributed by atoms with Gasteiger partial charge in [0.25, 0.3) is 0 Å². The Bertz CT molecular complexity index is 81.6. The largest absolute Gasteiger partial charge is 0.302 e. The van der Waals surface area contributed by atoms with Crippen LogP contribution in [0, 0.1) is 5.92 Å². The van der Waals surface area contributed by atoms with Gasteiger partial charge < -0.3 is 10.6 Å². The minimum atomic E-state index is 0.456. The maximum Gasteiger partial charge on any atom is 0.0542 e. The highest BCUT2D eigenvalue weighted by Crippen LogP contribution is 1.88. The fourth-order valence-corrected chi connectivity index (χ4v) is 0.845. The van der Waals surface area contributed by atoms with E-state index in [0.717, 1.165) is 19.0 Å². The molecule has 0 bridgehead atoms. The zero-order valence-electron chi connectivity index (χ0n) is 8.28. The number of rotatable bonds is 6. The number of hydrogen-bond acceptors (Lipinski definition) is 2. The summed E-state index contributed by atoms with van der Waals surface area (Å²) in [6.45, 7) is 11.0. The van der Waals surface area contributed by atoms with Gasteiger partial charge >= 0.3 is 0 Å². The van der Waals surface area contributed by atoms with Crippen LogP contribution in [-0.2, 0) is 0 Å². The number of nitrogens with one attached hydrogen (secondary N) is 2. The maximum atomic E-state index is 3.41. The smallest absolute Gasteiger partial charge is 0.0542 e. The molecule has 0 aliphatic carbocycles. The van der Waals surface area contributed by atoms with Crippen LogP contribution < -0.4 is 10.6 Å². The Hall–Kier alpha value is -0.0800. The van der Waals surface area contributed by atoms with Gasteiger partial charge in [0.2, 0.25) is 0 Å². The van der Waals surface area contributed by atoms with Crippen molar-refractivity contribution >= 4 is 0 Å². The molecule has 0 amide bonds. The van der Waals surface area contributed by atoms with E-state index in [4.69, 9.17) is 0 Å². The average molecular weight is 158 g/mol. The lowest BCUT2D eigenvalue weighted by Crippen LogP contribution is -2.41. The minimum Gasteiger partial charge on any atom is -0.302 e. The van der Waals surface area contributed by atoms with Crippen molar-refractivity contribution in [3.05, 3.63) is 0 Å². The van der Waals surface area contributed by atoms with Gasteiger partial charge in [-0.1, -0.05) is 20.8 Å². The van der Waals surface area contributed by atoms with Crippen molar-refractivity contribution in [2.24, 2.45) is 5.92 Å². The molecule has 0 rings (SSSR count). The predicted octanol–water partition coefficient (Wildman–Crippen LogP) is 1.58. The van der Waals surface area contributed by atoms with Crippen LogP contribution in [0.3, 0.4) is 0 Å². The monoisotopic (exact) mass is 158 g/mol. The number of hydrogen-bond donors (Lipinski definition) is 2. The molecule has 2 heteroatoms. The van der Waals surface area contributed by atoms with E-state index >= 15 is 0 Å². The summed E-state index contributed by atoms with van der Waals surface area (Å²) in [6, 6.07) is 0. The Morgan fingerprint density at radius 2 is 1.73 bits per heavy atom. The SMILES string of the molecule is CCCNC(C)NCC(C)C. The summed E-state index contributed by atoms with van der Waals surface area (Å²) in [7, 11) is 0. The quantitative estimate of drug-likeness (QED) is 0.573. The van der Waals surface area contributed by atoms with Gasteiger partial charge in [-0.25, -0.2) is 0 Å². The zero-order valence-corrected chi connectivity index (χ0v) is 8.28. The highest BCUT2D eigenvalue weighted by atomic mass is 15.1. The summed E-state index contributed by atoms with van der Waals surface area (Å²) in [5.41, 5.74) is 0. The van der Waals surface area contributed by atoms with Gasteiger partial charge in [-0.15, -0.1) is 0 Å². The van der Waals surface area contributed by atoms with Crippen molar-refractivity contribution in [1.82, 2.24) is 10.6 Å². The molecule has 0 aromatic heterocycles. The summed E-state index contributed by atoms with van der Waals surface area (Å²) in [5.74, 6) is 0.737. The summed E-state index contributed by atoms with van der Waals surface area (Å²) in [6.07, 6.45) is 1.66. The predicted molar refractivity (Wildman–Crippen MR) is 50.6 cm³/mol. The van der Waals surface area contributed by atoms with Crippen molar-refractivity contribution < 1.29 is 0 Å². The molecule has 0 spiro atoms. The fourth-order valence-electron chi connectivity index (χ4n) is 0.845. The van der Waals surface area contributed by atoms with Gasteiger partial charge in [-0.2, -0.15) is 0 Å². The molecule has 0 saturated carbocycles. The third kappa shape index (κ3) is 7.82. The van der Waals surface area contributed by atoms with E-state index in [9.17, 15) is 0 Å². The van der Waals surface area contributed by atoms with Crippen LogP contribution in [0.25, 0.3) is 0 Å². The first kappa shape index (κ1) is 10.9. The molecule has 1 unspecified atom stereocenters. The average Bonchev–Trinajstić information content (AvgIpc) is 1.97. The first-order valence-corrected chi connectivity index (χ1v) is 4.63. The van der Waals surface area contributed by atoms with E-state index in [1.807, 2.05) is 0 Å². The molecule has 0 saturated heterocycles. The highest BCUT2D eigenvalue weighted by Gasteiger charge is 1.98. The molecule has 2 N–H and O–H groups in total. The lowest BCUT2D eigenvalue weighted by molar-refractivity contribution is 0.422. The summed E-state index contributed by atoms with van der Waals surface area (Å²) >= 11 is 0. The van der Waals surface area contributed by atoms with Crippen LogP contribution in [-0.4, -0.2) is 19.3 Å². The summed E-state index contributed by atoms with van der Waals surface area (Å²) in [4.78, 5) is 0. The Balaban J connectivity index is 3.15. The topological polar surface area (TPSA) is 24.1 Å². The lowest BCUT2D eigenvalue weighted by atomic mass is 10.2. The molecule has 2 nitrogen and oxygen atoms in total. The molecule has 0 aromatic rings. The first-order chi connectivity index (χ1) is 5.16. The van der Waals surface area contributed by atoms with Gasteiger partial charge in [0, 0.05) is 0 Å². The second-order valence-corrected chi connectivity index (χ2v) is 3.48. The van der Waals surface area contributed by atoms with Crippen molar-refractivity contribution in [1.29, 1.82) is 0 Å². The molecule has 1 atom stereocenters. The Morgan fingerprint density at radius 3 is 2.18 bits per heavy atom. The van der Waals surface area contributed by atoms with E-state index in [1.165, 1.54) is 6.42 Å². The minimum absolute atomic E-state index is 0.456. The van der Waals surface area contributed by atoms with Crippen LogP contribution in [0.15, 0.2) is 0 Å². The molecule has 0 aromatic carbocycles. The van der Waals surface area contributed by atoms with Crippen molar-refractivity contribution in [3.63, 3.8) is 0 Å². The van der Waals surface area contributed by atoms with E-state index in [-0.39, 0.29) is 0 Å². The fraction of sp³-hybridized carbons (Fsp3) is 1.00. The van der Waals surface area contributed by atoms with Gasteiger partial charge in [-0.05, 0) is 32.4 Å². The van der Waals surface area contributed by atoms with Gasteiger partial charge in [-0.3, -0.25) is 0 Å². The Morgan fingerprint density at radius 1 is 1.09 bits per heavy atom. The first-order valence-electron chi connectivity index (χ1n) is 4.63. The second kappa shape index (κ2) is 6.62. The molecule has 0 radical (unpaired) electrons. The van der Waals surface area contributed by atoms with E-state index in [0.29, 0.717) is 6.17 Å². The van der Waals surface area contributed by atoms with E-state index < -0.39 is 0 Å². The van der Waals surface area contributed by atoms with Crippen molar-refractivity contribution in [2.45, 2.75) is 40.3 Å². The second-order valence-electron chi connectivity index (χ2n) is 3.48. The molecule has 11 heavy (non-hydrogen) atoms. The van der Waals surface area contributed by atoms with Crippen molar-refractivity contribution in [2.75, 3.05) is 13.1 Å². The molecule has 0 heterocycles. The van der Waals surface area contributed by atoms with Crippen molar-refractivity contribution in [3.8, 4) is 0 Å². The van der Waals surface area contributed by atoms with Crippen LogP contribution >= 0.6 is 0 Å². The van der Waals surface area contributed by atoms with Crippen LogP contribution in [0.5, 0.6) is 0 Å².